The second-order valence-corrected chi connectivity index (χ2v) is 7.01. The highest BCUT2D eigenvalue weighted by Crippen LogP contribution is 2.29. The number of nitrogens with zero attached hydrogens (tertiary/aromatic N) is 3. The van der Waals surface area contributed by atoms with Crippen LogP contribution in [-0.4, -0.2) is 40.1 Å². The SMILES string of the molecule is CCOC(=O)c1cnc2c(S(=O)(=O)O)cnn2c1Nc1ccc(F)cc1Cl. The highest BCUT2D eigenvalue weighted by molar-refractivity contribution is 7.86. The molecule has 12 heteroatoms. The molecule has 27 heavy (non-hydrogen) atoms. The van der Waals surface area contributed by atoms with Crippen LogP contribution in [-0.2, 0) is 14.9 Å². The fourth-order valence-corrected chi connectivity index (χ4v) is 3.05. The lowest BCUT2D eigenvalue weighted by molar-refractivity contribution is 0.0526. The molecule has 2 heterocycles. The maximum atomic E-state index is 13.3. The summed E-state index contributed by atoms with van der Waals surface area (Å²) < 4.78 is 51.5. The van der Waals surface area contributed by atoms with E-state index < -0.39 is 26.8 Å². The molecule has 0 atom stereocenters. The number of ether oxygens (including phenoxy) is 1. The van der Waals surface area contributed by atoms with Gasteiger partial charge in [0.2, 0.25) is 0 Å². The lowest BCUT2D eigenvalue weighted by atomic mass is 10.2. The minimum Gasteiger partial charge on any atom is -0.462 e. The first-order chi connectivity index (χ1) is 12.7. The van der Waals surface area contributed by atoms with Crippen molar-refractivity contribution >= 4 is 44.8 Å². The number of rotatable bonds is 5. The normalized spacial score (nSPS) is 11.6. The third-order valence-corrected chi connectivity index (χ3v) is 4.61. The zero-order valence-corrected chi connectivity index (χ0v) is 15.3. The van der Waals surface area contributed by atoms with Crippen LogP contribution in [0.15, 0.2) is 35.5 Å². The van der Waals surface area contributed by atoms with Crippen molar-refractivity contribution in [1.82, 2.24) is 14.6 Å². The van der Waals surface area contributed by atoms with E-state index in [0.29, 0.717) is 0 Å². The van der Waals surface area contributed by atoms with Gasteiger partial charge in [-0.1, -0.05) is 11.6 Å². The Labute approximate surface area is 157 Å². The summed E-state index contributed by atoms with van der Waals surface area (Å²) in [7, 11) is -4.60. The van der Waals surface area contributed by atoms with Gasteiger partial charge in [0, 0.05) is 6.20 Å². The Morgan fingerprint density at radius 2 is 2.15 bits per heavy atom. The van der Waals surface area contributed by atoms with Crippen molar-refractivity contribution in [1.29, 1.82) is 0 Å². The Morgan fingerprint density at radius 3 is 2.78 bits per heavy atom. The number of hydrogen-bond acceptors (Lipinski definition) is 7. The van der Waals surface area contributed by atoms with Crippen molar-refractivity contribution in [3.8, 4) is 0 Å². The van der Waals surface area contributed by atoms with Gasteiger partial charge in [0.1, 0.15) is 11.4 Å². The summed E-state index contributed by atoms with van der Waals surface area (Å²) in [6.07, 6.45) is 1.95. The lowest BCUT2D eigenvalue weighted by Crippen LogP contribution is -2.13. The van der Waals surface area contributed by atoms with Crippen LogP contribution in [0.25, 0.3) is 5.65 Å². The fourth-order valence-electron chi connectivity index (χ4n) is 2.29. The topological polar surface area (TPSA) is 123 Å². The van der Waals surface area contributed by atoms with Crippen molar-refractivity contribution in [2.75, 3.05) is 11.9 Å². The largest absolute Gasteiger partial charge is 0.462 e. The van der Waals surface area contributed by atoms with E-state index in [1.165, 1.54) is 6.07 Å². The number of carbonyl (C=O) groups is 1. The molecule has 0 amide bonds. The van der Waals surface area contributed by atoms with Gasteiger partial charge in [-0.2, -0.15) is 18.0 Å². The Hall–Kier alpha value is -2.76. The number of nitrogens with one attached hydrogen (secondary N) is 1. The van der Waals surface area contributed by atoms with Crippen molar-refractivity contribution in [2.24, 2.45) is 0 Å². The zero-order chi connectivity index (χ0) is 19.8. The molecule has 2 N–H and O–H groups in total. The minimum absolute atomic E-state index is 0.0110. The quantitative estimate of drug-likeness (QED) is 0.482. The molecule has 142 valence electrons. The van der Waals surface area contributed by atoms with E-state index in [1.54, 1.807) is 6.92 Å². The van der Waals surface area contributed by atoms with Crippen molar-refractivity contribution in [3.63, 3.8) is 0 Å². The first kappa shape index (κ1) is 19.0. The number of hydrogen-bond donors (Lipinski definition) is 2. The van der Waals surface area contributed by atoms with Gasteiger partial charge in [-0.3, -0.25) is 4.55 Å². The van der Waals surface area contributed by atoms with Crippen LogP contribution in [0.2, 0.25) is 5.02 Å². The predicted octanol–water partition coefficient (Wildman–Crippen LogP) is 2.69. The molecular weight excluding hydrogens is 403 g/mol. The van der Waals surface area contributed by atoms with Gasteiger partial charge in [-0.25, -0.2) is 14.2 Å². The number of anilines is 2. The molecule has 0 fully saturated rings. The standard InChI is InChI=1S/C15H12ClFN4O5S/c1-2-26-15(22)9-6-18-14-12(27(23,24)25)7-19-21(14)13(9)20-11-4-3-8(17)5-10(11)16/h3-7,20H,2H2,1H3,(H,23,24,25). The fraction of sp³-hybridized carbons (Fsp3) is 0.133. The summed E-state index contributed by atoms with van der Waals surface area (Å²) in [5, 5.41) is 6.67. The Morgan fingerprint density at radius 1 is 1.41 bits per heavy atom. The Balaban J connectivity index is 2.23. The van der Waals surface area contributed by atoms with Gasteiger partial charge < -0.3 is 10.1 Å². The highest BCUT2D eigenvalue weighted by atomic mass is 35.5. The molecule has 9 nitrogen and oxygen atoms in total. The first-order valence-electron chi connectivity index (χ1n) is 7.45. The van der Waals surface area contributed by atoms with Crippen LogP contribution in [0.1, 0.15) is 17.3 Å². The molecule has 3 aromatic rings. The molecule has 0 saturated carbocycles. The van der Waals surface area contributed by atoms with E-state index in [1.807, 2.05) is 0 Å². The maximum Gasteiger partial charge on any atom is 0.343 e. The average Bonchev–Trinajstić information content (AvgIpc) is 3.02. The molecule has 0 saturated heterocycles. The minimum atomic E-state index is -4.60. The highest BCUT2D eigenvalue weighted by Gasteiger charge is 2.24. The van der Waals surface area contributed by atoms with Gasteiger partial charge in [0.15, 0.2) is 16.4 Å². The Bertz CT molecular complexity index is 1150. The van der Waals surface area contributed by atoms with Gasteiger partial charge in [-0.05, 0) is 25.1 Å². The summed E-state index contributed by atoms with van der Waals surface area (Å²) in [5.74, 6) is -1.35. The van der Waals surface area contributed by atoms with Crippen LogP contribution >= 0.6 is 11.6 Å². The molecule has 3 rings (SSSR count). The van der Waals surface area contributed by atoms with E-state index in [2.05, 4.69) is 15.4 Å². The number of benzene rings is 1. The summed E-state index contributed by atoms with van der Waals surface area (Å²) in [5.41, 5.74) is -0.0824. The van der Waals surface area contributed by atoms with E-state index in [0.717, 1.165) is 29.0 Å². The van der Waals surface area contributed by atoms with Crippen molar-refractivity contribution in [3.05, 3.63) is 47.0 Å². The third kappa shape index (κ3) is 3.70. The maximum absolute atomic E-state index is 13.3. The molecule has 0 aliphatic heterocycles. The molecular formula is C15H12ClFN4O5S. The zero-order valence-electron chi connectivity index (χ0n) is 13.7. The number of carbonyl (C=O) groups excluding carboxylic acids is 1. The average molecular weight is 415 g/mol. The van der Waals surface area contributed by atoms with Gasteiger partial charge in [-0.15, -0.1) is 0 Å². The summed E-state index contributed by atoms with van der Waals surface area (Å²) in [4.78, 5) is 15.6. The second kappa shape index (κ2) is 7.10. The second-order valence-electron chi connectivity index (χ2n) is 5.21. The summed E-state index contributed by atoms with van der Waals surface area (Å²) >= 11 is 6.00. The van der Waals surface area contributed by atoms with E-state index in [9.17, 15) is 22.2 Å². The van der Waals surface area contributed by atoms with E-state index >= 15 is 0 Å². The molecule has 0 radical (unpaired) electrons. The molecule has 0 aliphatic rings. The molecule has 2 aromatic heterocycles. The Kier molecular flexibility index (Phi) is 5.00. The molecule has 0 bridgehead atoms. The molecule has 1 aromatic carbocycles. The van der Waals surface area contributed by atoms with Crippen molar-refractivity contribution < 1.29 is 26.9 Å². The van der Waals surface area contributed by atoms with Gasteiger partial charge in [0.25, 0.3) is 10.1 Å². The van der Waals surface area contributed by atoms with Gasteiger partial charge in [0.05, 0.1) is 23.5 Å². The number of fused-ring (bicyclic) bond motifs is 1. The third-order valence-electron chi connectivity index (χ3n) is 3.45. The van der Waals surface area contributed by atoms with Crippen LogP contribution in [0.3, 0.4) is 0 Å². The molecule has 0 unspecified atom stereocenters. The number of aromatic nitrogens is 3. The van der Waals surface area contributed by atoms with Crippen LogP contribution in [0.5, 0.6) is 0 Å². The number of halogens is 2. The van der Waals surface area contributed by atoms with Crippen LogP contribution in [0.4, 0.5) is 15.9 Å². The van der Waals surface area contributed by atoms with Crippen LogP contribution in [0, 0.1) is 5.82 Å². The van der Waals surface area contributed by atoms with E-state index in [-0.39, 0.29) is 34.3 Å². The monoisotopic (exact) mass is 414 g/mol. The van der Waals surface area contributed by atoms with Gasteiger partial charge >= 0.3 is 5.97 Å². The molecule has 0 aliphatic carbocycles. The lowest BCUT2D eigenvalue weighted by Gasteiger charge is -2.14. The number of esters is 1. The van der Waals surface area contributed by atoms with Crippen molar-refractivity contribution in [2.45, 2.75) is 11.8 Å². The summed E-state index contributed by atoms with van der Waals surface area (Å²) in [6.45, 7) is 1.70. The van der Waals surface area contributed by atoms with E-state index in [4.69, 9.17) is 16.3 Å². The smallest absolute Gasteiger partial charge is 0.343 e. The summed E-state index contributed by atoms with van der Waals surface area (Å²) in [6, 6.07) is 3.52. The first-order valence-corrected chi connectivity index (χ1v) is 9.27. The molecule has 0 spiro atoms. The van der Waals surface area contributed by atoms with Crippen LogP contribution < -0.4 is 5.32 Å². The predicted molar refractivity (Wildman–Crippen MR) is 93.5 cm³/mol.